The van der Waals surface area contributed by atoms with E-state index in [9.17, 15) is 0 Å². The monoisotopic (exact) mass is 229 g/mol. The highest BCUT2D eigenvalue weighted by Crippen LogP contribution is 2.18. The lowest BCUT2D eigenvalue weighted by molar-refractivity contribution is 0.391. The minimum Gasteiger partial charge on any atom is -0.377 e. The van der Waals surface area contributed by atoms with Crippen molar-refractivity contribution in [2.45, 2.75) is 13.5 Å². The fourth-order valence-corrected chi connectivity index (χ4v) is 1.69. The molecule has 3 heterocycles. The Bertz CT molecular complexity index is 642. The summed E-state index contributed by atoms with van der Waals surface area (Å²) < 4.78 is 5.00. The third-order valence-electron chi connectivity index (χ3n) is 2.48. The van der Waals surface area contributed by atoms with E-state index in [4.69, 9.17) is 4.52 Å². The summed E-state index contributed by atoms with van der Waals surface area (Å²) in [5.41, 5.74) is 3.55. The van der Waals surface area contributed by atoms with E-state index in [1.807, 2.05) is 19.1 Å². The van der Waals surface area contributed by atoms with Gasteiger partial charge in [-0.2, -0.15) is 5.10 Å². The van der Waals surface area contributed by atoms with Gasteiger partial charge in [0.05, 0.1) is 18.4 Å². The van der Waals surface area contributed by atoms with Crippen molar-refractivity contribution >= 4 is 16.7 Å². The van der Waals surface area contributed by atoms with E-state index >= 15 is 0 Å². The first-order chi connectivity index (χ1) is 8.33. The van der Waals surface area contributed by atoms with Gasteiger partial charge in [-0.3, -0.25) is 10.1 Å². The summed E-state index contributed by atoms with van der Waals surface area (Å²) in [5, 5.41) is 14.1. The number of aryl methyl sites for hydroxylation is 1. The molecule has 2 N–H and O–H groups in total. The number of anilines is 1. The second-order valence-corrected chi connectivity index (χ2v) is 3.77. The topological polar surface area (TPSA) is 79.6 Å². The van der Waals surface area contributed by atoms with Gasteiger partial charge in [0.1, 0.15) is 22.5 Å². The van der Waals surface area contributed by atoms with Gasteiger partial charge in [-0.25, -0.2) is 0 Å². The van der Waals surface area contributed by atoms with Crippen LogP contribution in [0.2, 0.25) is 0 Å². The molecule has 3 aromatic heterocycles. The molecule has 0 bridgehead atoms. The van der Waals surface area contributed by atoms with Crippen molar-refractivity contribution in [3.63, 3.8) is 0 Å². The number of aromatic amines is 1. The fraction of sp³-hybridized carbons (Fsp3) is 0.182. The van der Waals surface area contributed by atoms with Crippen LogP contribution in [0, 0.1) is 6.92 Å². The average Bonchev–Trinajstić information content (AvgIpc) is 2.94. The van der Waals surface area contributed by atoms with E-state index in [-0.39, 0.29) is 0 Å². The first-order valence-electron chi connectivity index (χ1n) is 5.27. The summed E-state index contributed by atoms with van der Waals surface area (Å²) in [5.74, 6) is 0.809. The largest absolute Gasteiger partial charge is 0.377 e. The molecule has 0 spiro atoms. The molecule has 3 aromatic rings. The maximum Gasteiger partial charge on any atom is 0.133 e. The van der Waals surface area contributed by atoms with Crippen LogP contribution in [0.1, 0.15) is 11.5 Å². The number of fused-ring (bicyclic) bond motifs is 1. The Morgan fingerprint density at radius 2 is 2.41 bits per heavy atom. The van der Waals surface area contributed by atoms with Crippen molar-refractivity contribution in [3.8, 4) is 0 Å². The number of nitrogens with one attached hydrogen (secondary N) is 2. The van der Waals surface area contributed by atoms with Crippen LogP contribution in [0.15, 0.2) is 29.0 Å². The van der Waals surface area contributed by atoms with Crippen LogP contribution in [0.3, 0.4) is 0 Å². The Labute approximate surface area is 97.0 Å². The fourth-order valence-electron chi connectivity index (χ4n) is 1.69. The number of rotatable bonds is 3. The van der Waals surface area contributed by atoms with E-state index in [0.29, 0.717) is 6.54 Å². The van der Waals surface area contributed by atoms with Gasteiger partial charge in [-0.05, 0) is 13.0 Å². The van der Waals surface area contributed by atoms with Crippen molar-refractivity contribution in [3.05, 3.63) is 36.0 Å². The summed E-state index contributed by atoms with van der Waals surface area (Å²) in [4.78, 5) is 4.19. The van der Waals surface area contributed by atoms with Crippen LogP contribution in [0.5, 0.6) is 0 Å². The maximum absolute atomic E-state index is 5.00. The van der Waals surface area contributed by atoms with Gasteiger partial charge in [0.25, 0.3) is 0 Å². The van der Waals surface area contributed by atoms with Crippen LogP contribution < -0.4 is 5.32 Å². The molecule has 0 atom stereocenters. The van der Waals surface area contributed by atoms with Crippen molar-refractivity contribution in [1.29, 1.82) is 0 Å². The third-order valence-corrected chi connectivity index (χ3v) is 2.48. The molecule has 0 amide bonds. The second-order valence-electron chi connectivity index (χ2n) is 3.77. The molecule has 0 aromatic carbocycles. The minimum atomic E-state index is 0.607. The number of pyridine rings is 1. The first-order valence-corrected chi connectivity index (χ1v) is 5.27. The third kappa shape index (κ3) is 1.84. The molecular formula is C11H11N5O. The zero-order chi connectivity index (χ0) is 11.7. The molecule has 0 aliphatic carbocycles. The number of hydrogen-bond donors (Lipinski definition) is 2. The molecule has 0 aliphatic heterocycles. The van der Waals surface area contributed by atoms with Gasteiger partial charge in [0.15, 0.2) is 0 Å². The lowest BCUT2D eigenvalue weighted by Crippen LogP contribution is -2.00. The maximum atomic E-state index is 5.00. The molecule has 0 radical (unpaired) electrons. The Morgan fingerprint density at radius 1 is 1.47 bits per heavy atom. The predicted molar refractivity (Wildman–Crippen MR) is 62.5 cm³/mol. The number of H-pyrrole nitrogens is 1. The number of nitrogens with zero attached hydrogens (tertiary/aromatic N) is 3. The molecule has 86 valence electrons. The van der Waals surface area contributed by atoms with Gasteiger partial charge in [-0.1, -0.05) is 5.16 Å². The van der Waals surface area contributed by atoms with Crippen LogP contribution in [-0.4, -0.2) is 20.3 Å². The summed E-state index contributed by atoms with van der Waals surface area (Å²) in [6.07, 6.45) is 3.44. The highest BCUT2D eigenvalue weighted by Gasteiger charge is 2.04. The van der Waals surface area contributed by atoms with Crippen LogP contribution in [-0.2, 0) is 6.54 Å². The highest BCUT2D eigenvalue weighted by atomic mass is 16.5. The Balaban J connectivity index is 1.83. The van der Waals surface area contributed by atoms with E-state index in [1.54, 1.807) is 12.4 Å². The SMILES string of the molecule is Cc1cc(CNc2ccnc3cn[nH]c23)no1. The minimum absolute atomic E-state index is 0.607. The van der Waals surface area contributed by atoms with Crippen LogP contribution in [0.25, 0.3) is 11.0 Å². The van der Waals surface area contributed by atoms with E-state index in [0.717, 1.165) is 28.2 Å². The molecule has 6 heteroatoms. The van der Waals surface area contributed by atoms with Gasteiger partial charge in [-0.15, -0.1) is 0 Å². The number of aromatic nitrogens is 4. The molecular weight excluding hydrogens is 218 g/mol. The van der Waals surface area contributed by atoms with E-state index in [1.165, 1.54) is 0 Å². The molecule has 3 rings (SSSR count). The zero-order valence-electron chi connectivity index (χ0n) is 9.27. The van der Waals surface area contributed by atoms with Crippen molar-refractivity contribution in [2.75, 3.05) is 5.32 Å². The lowest BCUT2D eigenvalue weighted by Gasteiger charge is -2.04. The Hall–Kier alpha value is -2.37. The normalized spacial score (nSPS) is 10.9. The molecule has 0 aliphatic rings. The van der Waals surface area contributed by atoms with Gasteiger partial charge >= 0.3 is 0 Å². The number of hydrogen-bond acceptors (Lipinski definition) is 5. The first kappa shape index (κ1) is 9.83. The smallest absolute Gasteiger partial charge is 0.133 e. The van der Waals surface area contributed by atoms with Crippen molar-refractivity contribution < 1.29 is 4.52 Å². The van der Waals surface area contributed by atoms with Gasteiger partial charge in [0.2, 0.25) is 0 Å². The van der Waals surface area contributed by atoms with E-state index in [2.05, 4.69) is 25.7 Å². The Kier molecular flexibility index (Phi) is 2.25. The van der Waals surface area contributed by atoms with E-state index < -0.39 is 0 Å². The second kappa shape index (κ2) is 3.89. The van der Waals surface area contributed by atoms with Gasteiger partial charge < -0.3 is 9.84 Å². The molecule has 0 saturated carbocycles. The molecule has 0 saturated heterocycles. The predicted octanol–water partition coefficient (Wildman–Crippen LogP) is 1.87. The summed E-state index contributed by atoms with van der Waals surface area (Å²) in [6.45, 7) is 2.48. The van der Waals surface area contributed by atoms with Gasteiger partial charge in [0, 0.05) is 12.3 Å². The highest BCUT2D eigenvalue weighted by molar-refractivity contribution is 5.86. The molecule has 0 fully saturated rings. The molecule has 0 unspecified atom stereocenters. The van der Waals surface area contributed by atoms with Crippen molar-refractivity contribution in [2.24, 2.45) is 0 Å². The summed E-state index contributed by atoms with van der Waals surface area (Å²) >= 11 is 0. The van der Waals surface area contributed by atoms with Crippen LogP contribution in [0.4, 0.5) is 5.69 Å². The quantitative estimate of drug-likeness (QED) is 0.716. The summed E-state index contributed by atoms with van der Waals surface area (Å²) in [6, 6.07) is 3.80. The van der Waals surface area contributed by atoms with Crippen molar-refractivity contribution in [1.82, 2.24) is 20.3 Å². The standard InChI is InChI=1S/C11H11N5O/c1-7-4-8(16-17-7)5-13-9-2-3-12-10-6-14-15-11(9)10/h2-4,6H,5H2,1H3,(H,12,13)(H,14,15). The average molecular weight is 229 g/mol. The lowest BCUT2D eigenvalue weighted by atomic mass is 10.3. The molecule has 6 nitrogen and oxygen atoms in total. The Morgan fingerprint density at radius 3 is 3.24 bits per heavy atom. The van der Waals surface area contributed by atoms with Crippen LogP contribution >= 0.6 is 0 Å². The molecule has 17 heavy (non-hydrogen) atoms. The summed E-state index contributed by atoms with van der Waals surface area (Å²) in [7, 11) is 0. The zero-order valence-corrected chi connectivity index (χ0v) is 9.27.